The van der Waals surface area contributed by atoms with Crippen molar-refractivity contribution in [2.24, 2.45) is 0 Å². The fourth-order valence-electron chi connectivity index (χ4n) is 2.31. The maximum absolute atomic E-state index is 12.3. The van der Waals surface area contributed by atoms with E-state index in [-0.39, 0.29) is 45.3 Å². The molecule has 9 heteroatoms. The third-order valence-corrected chi connectivity index (χ3v) is 3.58. The summed E-state index contributed by atoms with van der Waals surface area (Å²) in [7, 11) is 0. The molecule has 2 rings (SSSR count). The molecule has 0 saturated carbocycles. The lowest BCUT2D eigenvalue weighted by Gasteiger charge is -2.11. The van der Waals surface area contributed by atoms with Gasteiger partial charge in [0.15, 0.2) is 0 Å². The van der Waals surface area contributed by atoms with Crippen molar-refractivity contribution >= 4 is 18.0 Å². The van der Waals surface area contributed by atoms with E-state index in [1.165, 1.54) is 0 Å². The maximum Gasteiger partial charge on any atom is 0.329 e. The quantitative estimate of drug-likeness (QED) is 0.265. The van der Waals surface area contributed by atoms with Crippen molar-refractivity contribution in [3.8, 4) is 5.75 Å². The smallest absolute Gasteiger partial charge is 0.329 e. The van der Waals surface area contributed by atoms with E-state index in [1.807, 2.05) is 0 Å². The summed E-state index contributed by atoms with van der Waals surface area (Å²) in [5.74, 6) is 0.225. The Bertz CT molecular complexity index is 646. The van der Waals surface area contributed by atoms with E-state index >= 15 is 0 Å². The third kappa shape index (κ3) is 6.65. The van der Waals surface area contributed by atoms with Crippen LogP contribution >= 0.6 is 0 Å². The Morgan fingerprint density at radius 1 is 0.926 bits per heavy atom. The molecule has 0 atom stereocenters. The summed E-state index contributed by atoms with van der Waals surface area (Å²) in [6.07, 6.45) is 1.59. The number of nitrogens with zero attached hydrogens (tertiary/aromatic N) is 1. The predicted octanol–water partition coefficient (Wildman–Crippen LogP) is -0.0241. The number of imide groups is 1. The van der Waals surface area contributed by atoms with Crippen LogP contribution in [0.15, 0.2) is 30.0 Å². The van der Waals surface area contributed by atoms with Gasteiger partial charge in [-0.25, -0.2) is 4.79 Å². The lowest BCUT2D eigenvalue weighted by atomic mass is 10.2. The Kier molecular flexibility index (Phi) is 8.72. The normalized spacial score (nSPS) is 15.5. The SMILES string of the molecule is O=C1NC(=Cc2ccc(OCCOCCO)cc2)C(=O)N1CCOCCO. The zero-order valence-corrected chi connectivity index (χ0v) is 14.9. The van der Waals surface area contributed by atoms with Gasteiger partial charge in [-0.05, 0) is 23.8 Å². The molecule has 9 nitrogen and oxygen atoms in total. The van der Waals surface area contributed by atoms with E-state index < -0.39 is 11.9 Å². The van der Waals surface area contributed by atoms with Gasteiger partial charge < -0.3 is 29.7 Å². The van der Waals surface area contributed by atoms with Gasteiger partial charge in [0.1, 0.15) is 18.1 Å². The highest BCUT2D eigenvalue weighted by molar-refractivity contribution is 6.13. The Morgan fingerprint density at radius 3 is 2.26 bits per heavy atom. The van der Waals surface area contributed by atoms with Crippen LogP contribution in [-0.2, 0) is 14.3 Å². The first-order valence-electron chi connectivity index (χ1n) is 8.60. The highest BCUT2D eigenvalue weighted by Crippen LogP contribution is 2.17. The zero-order valence-electron chi connectivity index (χ0n) is 14.9. The molecule has 1 aromatic rings. The number of carbonyl (C=O) groups is 2. The van der Waals surface area contributed by atoms with Crippen LogP contribution in [0, 0.1) is 0 Å². The van der Waals surface area contributed by atoms with Crippen LogP contribution in [0.1, 0.15) is 5.56 Å². The summed E-state index contributed by atoms with van der Waals surface area (Å²) in [5.41, 5.74) is 0.925. The molecule has 3 amide bonds. The average molecular weight is 380 g/mol. The first-order valence-corrected chi connectivity index (χ1v) is 8.60. The second-order valence-electron chi connectivity index (χ2n) is 5.53. The minimum atomic E-state index is -0.498. The number of benzene rings is 1. The summed E-state index contributed by atoms with van der Waals surface area (Å²) in [6.45, 7) is 1.34. The number of nitrogens with one attached hydrogen (secondary N) is 1. The minimum Gasteiger partial charge on any atom is -0.491 e. The van der Waals surface area contributed by atoms with Gasteiger partial charge in [0, 0.05) is 0 Å². The number of urea groups is 1. The number of rotatable bonds is 12. The highest BCUT2D eigenvalue weighted by Gasteiger charge is 2.33. The molecule has 148 valence electrons. The average Bonchev–Trinajstić information content (AvgIpc) is 2.93. The van der Waals surface area contributed by atoms with Gasteiger partial charge in [0.2, 0.25) is 0 Å². The summed E-state index contributed by atoms with van der Waals surface area (Å²) < 4.78 is 15.7. The summed E-state index contributed by atoms with van der Waals surface area (Å²) in [6, 6.07) is 6.54. The summed E-state index contributed by atoms with van der Waals surface area (Å²) >= 11 is 0. The van der Waals surface area contributed by atoms with Crippen LogP contribution in [-0.4, -0.2) is 79.8 Å². The Morgan fingerprint density at radius 2 is 1.59 bits per heavy atom. The molecule has 1 aliphatic rings. The number of ether oxygens (including phenoxy) is 3. The van der Waals surface area contributed by atoms with Crippen LogP contribution in [0.5, 0.6) is 5.75 Å². The van der Waals surface area contributed by atoms with Gasteiger partial charge in [0.25, 0.3) is 5.91 Å². The van der Waals surface area contributed by atoms with Crippen molar-refractivity contribution in [2.75, 3.05) is 52.8 Å². The number of aliphatic hydroxyl groups is 2. The molecule has 0 aromatic heterocycles. The van der Waals surface area contributed by atoms with E-state index in [4.69, 9.17) is 24.4 Å². The van der Waals surface area contributed by atoms with Gasteiger partial charge in [-0.15, -0.1) is 0 Å². The molecular formula is C18H24N2O7. The molecule has 3 N–H and O–H groups in total. The van der Waals surface area contributed by atoms with Crippen LogP contribution in [0.4, 0.5) is 4.79 Å². The molecule has 1 fully saturated rings. The van der Waals surface area contributed by atoms with Crippen LogP contribution in [0.3, 0.4) is 0 Å². The summed E-state index contributed by atoms with van der Waals surface area (Å²) in [5, 5.41) is 19.8. The third-order valence-electron chi connectivity index (χ3n) is 3.58. The fraction of sp³-hybridized carbons (Fsp3) is 0.444. The van der Waals surface area contributed by atoms with Crippen molar-refractivity contribution in [1.29, 1.82) is 0 Å². The monoisotopic (exact) mass is 380 g/mol. The molecule has 1 saturated heterocycles. The number of carbonyl (C=O) groups excluding carboxylic acids is 2. The van der Waals surface area contributed by atoms with Gasteiger partial charge in [-0.2, -0.15) is 0 Å². The van der Waals surface area contributed by atoms with E-state index in [1.54, 1.807) is 30.3 Å². The van der Waals surface area contributed by atoms with Crippen LogP contribution in [0.2, 0.25) is 0 Å². The van der Waals surface area contributed by atoms with Gasteiger partial charge in [-0.1, -0.05) is 12.1 Å². The van der Waals surface area contributed by atoms with Gasteiger partial charge in [0.05, 0.1) is 46.2 Å². The predicted molar refractivity (Wildman–Crippen MR) is 96.0 cm³/mol. The largest absolute Gasteiger partial charge is 0.491 e. The molecule has 0 unspecified atom stereocenters. The Hall–Kier alpha value is -2.46. The first kappa shape index (κ1) is 20.8. The second-order valence-corrected chi connectivity index (χ2v) is 5.53. The molecule has 0 spiro atoms. The van der Waals surface area contributed by atoms with Crippen molar-refractivity contribution in [3.05, 3.63) is 35.5 Å². The Labute approximate surface area is 157 Å². The molecule has 1 aliphatic heterocycles. The number of hydrogen-bond acceptors (Lipinski definition) is 7. The minimum absolute atomic E-state index is 0.0221. The van der Waals surface area contributed by atoms with Crippen molar-refractivity contribution in [3.63, 3.8) is 0 Å². The standard InChI is InChI=1S/C18H24N2O7/c21-6-9-25-8-5-20-17(23)16(19-18(20)24)13-14-1-3-15(4-2-14)27-12-11-26-10-7-22/h1-4,13,21-22H,5-12H2,(H,19,24). The lowest BCUT2D eigenvalue weighted by molar-refractivity contribution is -0.123. The lowest BCUT2D eigenvalue weighted by Crippen LogP contribution is -2.34. The van der Waals surface area contributed by atoms with Crippen molar-refractivity contribution in [2.45, 2.75) is 0 Å². The molecule has 0 radical (unpaired) electrons. The van der Waals surface area contributed by atoms with Crippen molar-refractivity contribution < 1.29 is 34.0 Å². The van der Waals surface area contributed by atoms with Gasteiger partial charge in [-0.3, -0.25) is 9.69 Å². The zero-order chi connectivity index (χ0) is 19.5. The van der Waals surface area contributed by atoms with E-state index in [0.29, 0.717) is 19.0 Å². The molecule has 27 heavy (non-hydrogen) atoms. The maximum atomic E-state index is 12.3. The first-order chi connectivity index (χ1) is 13.2. The number of amides is 3. The molecule has 1 heterocycles. The number of aliphatic hydroxyl groups excluding tert-OH is 2. The molecule has 0 bridgehead atoms. The second kappa shape index (κ2) is 11.3. The van der Waals surface area contributed by atoms with Crippen LogP contribution < -0.4 is 10.1 Å². The van der Waals surface area contributed by atoms with Gasteiger partial charge >= 0.3 is 6.03 Å². The molecular weight excluding hydrogens is 356 g/mol. The molecule has 0 aliphatic carbocycles. The Balaban J connectivity index is 1.86. The highest BCUT2D eigenvalue weighted by atomic mass is 16.5. The van der Waals surface area contributed by atoms with Crippen LogP contribution in [0.25, 0.3) is 6.08 Å². The topological polar surface area (TPSA) is 118 Å². The van der Waals surface area contributed by atoms with E-state index in [0.717, 1.165) is 10.5 Å². The van der Waals surface area contributed by atoms with E-state index in [2.05, 4.69) is 5.32 Å². The van der Waals surface area contributed by atoms with Crippen molar-refractivity contribution in [1.82, 2.24) is 10.2 Å². The number of hydrogen-bond donors (Lipinski definition) is 3. The molecule has 1 aromatic carbocycles. The fourth-order valence-corrected chi connectivity index (χ4v) is 2.31. The summed E-state index contributed by atoms with van der Waals surface area (Å²) in [4.78, 5) is 25.3. The van der Waals surface area contributed by atoms with E-state index in [9.17, 15) is 9.59 Å².